The molecule has 0 saturated carbocycles. The molecule has 5 aromatic rings. The van der Waals surface area contributed by atoms with Gasteiger partial charge in [-0.3, -0.25) is 4.55 Å². The van der Waals surface area contributed by atoms with Crippen molar-refractivity contribution in [2.24, 2.45) is 0 Å². The third kappa shape index (κ3) is 5.27. The Balaban J connectivity index is 0.000000189. The monoisotopic (exact) mass is 598 g/mol. The minimum Gasteiger partial charge on any atom is -0.495 e. The molecule has 0 aliphatic carbocycles. The summed E-state index contributed by atoms with van der Waals surface area (Å²) in [5.74, 6) is 0.927. The molecule has 178 valence electrons. The van der Waals surface area contributed by atoms with Crippen molar-refractivity contribution in [3.63, 3.8) is 0 Å². The van der Waals surface area contributed by atoms with Gasteiger partial charge in [0.25, 0.3) is 10.1 Å². The summed E-state index contributed by atoms with van der Waals surface area (Å²) in [6, 6.07) is 31.0. The fourth-order valence-corrected chi connectivity index (χ4v) is 5.10. The van der Waals surface area contributed by atoms with Crippen LogP contribution in [0.4, 0.5) is 0 Å². The normalized spacial score (nSPS) is 11.1. The molecule has 5 nitrogen and oxygen atoms in total. The van der Waals surface area contributed by atoms with Gasteiger partial charge in [-0.2, -0.15) is 8.42 Å². The summed E-state index contributed by atoms with van der Waals surface area (Å²) in [6.07, 6.45) is 0. The lowest BCUT2D eigenvalue weighted by atomic mass is 10.0. The van der Waals surface area contributed by atoms with E-state index >= 15 is 0 Å². The van der Waals surface area contributed by atoms with Crippen LogP contribution in [0.2, 0.25) is 0 Å². The Bertz CT molecular complexity index is 1580. The number of ether oxygens (including phenoxy) is 2. The van der Waals surface area contributed by atoms with Gasteiger partial charge in [-0.15, -0.1) is 0 Å². The zero-order valence-corrected chi connectivity index (χ0v) is 22.1. The van der Waals surface area contributed by atoms with Gasteiger partial charge in [-0.05, 0) is 51.9 Å². The minimum atomic E-state index is -4.39. The number of benzene rings is 5. The number of rotatable bonds is 4. The first kappa shape index (κ1) is 25.0. The molecule has 0 aliphatic heterocycles. The first-order valence-corrected chi connectivity index (χ1v) is 13.2. The minimum absolute atomic E-state index is 0.203. The molecule has 0 spiro atoms. The lowest BCUT2D eigenvalue weighted by Crippen LogP contribution is -2.02. The Morgan fingerprint density at radius 2 is 1.14 bits per heavy atom. The summed E-state index contributed by atoms with van der Waals surface area (Å²) >= 11 is 2.32. The quantitative estimate of drug-likeness (QED) is 0.134. The van der Waals surface area contributed by atoms with Crippen LogP contribution >= 0.6 is 22.6 Å². The second-order valence-corrected chi connectivity index (χ2v) is 10.3. The first-order valence-electron chi connectivity index (χ1n) is 10.7. The van der Waals surface area contributed by atoms with E-state index in [1.54, 1.807) is 12.1 Å². The molecule has 0 amide bonds. The van der Waals surface area contributed by atoms with E-state index in [1.807, 2.05) is 30.3 Å². The molecule has 0 unspecified atom stereocenters. The summed E-state index contributed by atoms with van der Waals surface area (Å²) < 4.78 is 45.1. The Labute approximate surface area is 218 Å². The molecule has 35 heavy (non-hydrogen) atoms. The van der Waals surface area contributed by atoms with Crippen molar-refractivity contribution >= 4 is 54.3 Å². The Morgan fingerprint density at radius 3 is 1.71 bits per heavy atom. The lowest BCUT2D eigenvalue weighted by Gasteiger charge is -2.16. The van der Waals surface area contributed by atoms with E-state index in [2.05, 4.69) is 71.1 Å². The highest BCUT2D eigenvalue weighted by Crippen LogP contribution is 2.44. The first-order chi connectivity index (χ1) is 16.8. The van der Waals surface area contributed by atoms with E-state index in [1.165, 1.54) is 35.0 Å². The highest BCUT2D eigenvalue weighted by atomic mass is 127. The van der Waals surface area contributed by atoms with Crippen molar-refractivity contribution in [2.75, 3.05) is 14.2 Å². The average Bonchev–Trinajstić information content (AvgIpc) is 2.87. The summed E-state index contributed by atoms with van der Waals surface area (Å²) in [6.45, 7) is 0. The van der Waals surface area contributed by atoms with Crippen LogP contribution in [0.15, 0.2) is 102 Å². The number of hydrogen-bond acceptors (Lipinski definition) is 4. The van der Waals surface area contributed by atoms with Crippen molar-refractivity contribution in [2.45, 2.75) is 4.90 Å². The van der Waals surface area contributed by atoms with Crippen molar-refractivity contribution in [1.29, 1.82) is 0 Å². The van der Waals surface area contributed by atoms with E-state index in [-0.39, 0.29) is 4.90 Å². The third-order valence-corrected chi connectivity index (χ3v) is 7.17. The van der Waals surface area contributed by atoms with E-state index < -0.39 is 10.1 Å². The maximum Gasteiger partial charge on any atom is 0.295 e. The highest BCUT2D eigenvalue weighted by molar-refractivity contribution is 14.1. The zero-order valence-electron chi connectivity index (χ0n) is 19.1. The van der Waals surface area contributed by atoms with Gasteiger partial charge >= 0.3 is 0 Å². The molecule has 0 atom stereocenters. The van der Waals surface area contributed by atoms with Crippen molar-refractivity contribution < 1.29 is 22.4 Å². The predicted molar refractivity (Wildman–Crippen MR) is 149 cm³/mol. The van der Waals surface area contributed by atoms with Crippen LogP contribution in [0, 0.1) is 3.57 Å². The molecule has 5 aromatic carbocycles. The molecule has 7 heteroatoms. The number of fused-ring (bicyclic) bond motifs is 2. The van der Waals surface area contributed by atoms with Crippen LogP contribution in [-0.4, -0.2) is 27.2 Å². The maximum atomic E-state index is 11.7. The molecular weight excluding hydrogens is 575 g/mol. The molecule has 0 aliphatic rings. The second-order valence-electron chi connectivity index (χ2n) is 7.64. The zero-order chi connectivity index (χ0) is 25.0. The van der Waals surface area contributed by atoms with E-state index in [9.17, 15) is 13.0 Å². The van der Waals surface area contributed by atoms with Crippen LogP contribution in [0.5, 0.6) is 11.5 Å². The molecule has 1 N–H and O–H groups in total. The Morgan fingerprint density at radius 1 is 0.629 bits per heavy atom. The Kier molecular flexibility index (Phi) is 7.59. The highest BCUT2D eigenvalue weighted by Gasteiger charge is 2.22. The lowest BCUT2D eigenvalue weighted by molar-refractivity contribution is 0.417. The second kappa shape index (κ2) is 10.6. The topological polar surface area (TPSA) is 72.8 Å². The van der Waals surface area contributed by atoms with Crippen LogP contribution in [-0.2, 0) is 10.1 Å². The fraction of sp³-hybridized carbons (Fsp3) is 0.0714. The number of methoxy groups -OCH3 is 2. The van der Waals surface area contributed by atoms with Gasteiger partial charge in [0.2, 0.25) is 0 Å². The van der Waals surface area contributed by atoms with Crippen molar-refractivity contribution in [3.8, 4) is 22.6 Å². The van der Waals surface area contributed by atoms with Gasteiger partial charge in [-0.25, -0.2) is 0 Å². The third-order valence-electron chi connectivity index (χ3n) is 5.55. The van der Waals surface area contributed by atoms with Gasteiger partial charge in [-0.1, -0.05) is 78.9 Å². The van der Waals surface area contributed by atoms with Crippen LogP contribution < -0.4 is 9.47 Å². The average molecular weight is 598 g/mol. The predicted octanol–water partition coefficient (Wildman–Crippen LogP) is 7.22. The van der Waals surface area contributed by atoms with Crippen LogP contribution in [0.1, 0.15) is 0 Å². The molecule has 0 heterocycles. The molecule has 0 radical (unpaired) electrons. The van der Waals surface area contributed by atoms with Gasteiger partial charge in [0, 0.05) is 25.1 Å². The summed E-state index contributed by atoms with van der Waals surface area (Å²) in [7, 11) is -1.40. The smallest absolute Gasteiger partial charge is 0.295 e. The maximum absolute atomic E-state index is 11.7. The van der Waals surface area contributed by atoms with Crippen LogP contribution in [0.25, 0.3) is 32.7 Å². The van der Waals surface area contributed by atoms with E-state index in [0.29, 0.717) is 27.7 Å². The van der Waals surface area contributed by atoms with E-state index in [0.717, 1.165) is 5.39 Å². The van der Waals surface area contributed by atoms with Gasteiger partial charge < -0.3 is 9.47 Å². The van der Waals surface area contributed by atoms with Gasteiger partial charge in [0.1, 0.15) is 16.4 Å². The standard InChI is InChI=1S/C16H14O5S.C12H9I/c1-20-15-10-6-3-4-7-11(10)16(21-2)14-12(15)8-5-9-13(14)22(17,18)19;13-12-8-6-11(7-9-12)10-4-2-1-3-5-10/h3-9H,1-2H3,(H,17,18,19);1-9H. The largest absolute Gasteiger partial charge is 0.495 e. The molecule has 0 aromatic heterocycles. The van der Waals surface area contributed by atoms with Gasteiger partial charge in [0.05, 0.1) is 14.2 Å². The number of hydrogen-bond donors (Lipinski definition) is 1. The van der Waals surface area contributed by atoms with Crippen LogP contribution in [0.3, 0.4) is 0 Å². The molecular formula is C28H23IO5S. The summed E-state index contributed by atoms with van der Waals surface area (Å²) in [4.78, 5) is -0.203. The van der Waals surface area contributed by atoms with E-state index in [4.69, 9.17) is 9.47 Å². The summed E-state index contributed by atoms with van der Waals surface area (Å²) in [5.41, 5.74) is 2.56. The van der Waals surface area contributed by atoms with Crippen molar-refractivity contribution in [3.05, 3.63) is 101 Å². The molecule has 0 fully saturated rings. The van der Waals surface area contributed by atoms with Crippen molar-refractivity contribution in [1.82, 2.24) is 0 Å². The fourth-order valence-electron chi connectivity index (χ4n) is 4.03. The molecule has 0 saturated heterocycles. The SMILES string of the molecule is COc1c2ccccc2c(OC)c2c(S(=O)(=O)O)cccc12.Ic1ccc(-c2ccccc2)cc1. The Hall–Kier alpha value is -3.14. The van der Waals surface area contributed by atoms with Gasteiger partial charge in [0.15, 0.2) is 0 Å². The molecule has 5 rings (SSSR count). The molecule has 0 bridgehead atoms. The summed E-state index contributed by atoms with van der Waals surface area (Å²) in [5, 5.41) is 2.39. The number of halogens is 1.